The second-order valence-electron chi connectivity index (χ2n) is 4.96. The van der Waals surface area contributed by atoms with Crippen LogP contribution in [0.25, 0.3) is 0 Å². The molecular weight excluding hydrogens is 240 g/mol. The number of rotatable bonds is 5. The lowest BCUT2D eigenvalue weighted by Crippen LogP contribution is -2.25. The predicted molar refractivity (Wildman–Crippen MR) is 70.4 cm³/mol. The second kappa shape index (κ2) is 5.93. The molecule has 2 aromatic rings. The molecule has 19 heavy (non-hydrogen) atoms. The number of nitrogens with zero attached hydrogens (tertiary/aromatic N) is 3. The van der Waals surface area contributed by atoms with E-state index in [4.69, 9.17) is 4.52 Å². The minimum Gasteiger partial charge on any atom is -0.338 e. The van der Waals surface area contributed by atoms with Gasteiger partial charge in [-0.15, -0.1) is 0 Å². The Morgan fingerprint density at radius 1 is 1.26 bits per heavy atom. The molecule has 5 nitrogen and oxygen atoms in total. The standard InChI is InChI=1S/C14H18N4O/c1-2-6-11(5-1)16-10-14-17-13(18-19-14)9-12-7-3-4-8-15-12/h3-4,7-8,11,16H,1-2,5-6,9-10H2. The number of nitrogens with one attached hydrogen (secondary N) is 1. The van der Waals surface area contributed by atoms with Gasteiger partial charge in [-0.1, -0.05) is 24.1 Å². The van der Waals surface area contributed by atoms with Crippen molar-refractivity contribution in [1.29, 1.82) is 0 Å². The van der Waals surface area contributed by atoms with Crippen LogP contribution in [0.3, 0.4) is 0 Å². The number of pyridine rings is 1. The smallest absolute Gasteiger partial charge is 0.240 e. The van der Waals surface area contributed by atoms with Crippen molar-refractivity contribution in [2.45, 2.75) is 44.7 Å². The van der Waals surface area contributed by atoms with Gasteiger partial charge in [-0.25, -0.2) is 0 Å². The van der Waals surface area contributed by atoms with Gasteiger partial charge in [-0.2, -0.15) is 4.98 Å². The third kappa shape index (κ3) is 3.38. The van der Waals surface area contributed by atoms with Crippen LogP contribution in [0.4, 0.5) is 0 Å². The molecule has 0 aliphatic heterocycles. The Kier molecular flexibility index (Phi) is 3.83. The normalized spacial score (nSPS) is 16.0. The summed E-state index contributed by atoms with van der Waals surface area (Å²) in [5, 5.41) is 7.45. The van der Waals surface area contributed by atoms with Crippen LogP contribution in [0.2, 0.25) is 0 Å². The predicted octanol–water partition coefficient (Wildman–Crippen LogP) is 2.09. The lowest BCUT2D eigenvalue weighted by Gasteiger charge is -2.08. The summed E-state index contributed by atoms with van der Waals surface area (Å²) in [6, 6.07) is 6.44. The molecule has 2 heterocycles. The molecule has 0 saturated heterocycles. The van der Waals surface area contributed by atoms with E-state index in [1.807, 2.05) is 18.2 Å². The molecule has 1 aliphatic carbocycles. The first kappa shape index (κ1) is 12.3. The SMILES string of the molecule is c1ccc(Cc2noc(CNC3CCCC3)n2)nc1. The van der Waals surface area contributed by atoms with Crippen molar-refractivity contribution in [2.75, 3.05) is 0 Å². The number of hydrogen-bond acceptors (Lipinski definition) is 5. The van der Waals surface area contributed by atoms with Gasteiger partial charge in [0.1, 0.15) is 0 Å². The quantitative estimate of drug-likeness (QED) is 0.889. The van der Waals surface area contributed by atoms with Gasteiger partial charge in [0.2, 0.25) is 5.89 Å². The van der Waals surface area contributed by atoms with E-state index in [0.29, 0.717) is 30.7 Å². The van der Waals surface area contributed by atoms with Crippen LogP contribution in [-0.2, 0) is 13.0 Å². The Balaban J connectivity index is 1.54. The van der Waals surface area contributed by atoms with Crippen molar-refractivity contribution in [3.63, 3.8) is 0 Å². The molecule has 1 fully saturated rings. The van der Waals surface area contributed by atoms with Gasteiger partial charge in [0.25, 0.3) is 0 Å². The first-order chi connectivity index (χ1) is 9.40. The average molecular weight is 258 g/mol. The summed E-state index contributed by atoms with van der Waals surface area (Å²) in [5.41, 5.74) is 0.957. The molecular formula is C14H18N4O. The second-order valence-corrected chi connectivity index (χ2v) is 4.96. The van der Waals surface area contributed by atoms with E-state index in [1.165, 1.54) is 25.7 Å². The zero-order chi connectivity index (χ0) is 12.9. The largest absolute Gasteiger partial charge is 0.338 e. The van der Waals surface area contributed by atoms with Crippen LogP contribution in [-0.4, -0.2) is 21.2 Å². The summed E-state index contributed by atoms with van der Waals surface area (Å²) in [7, 11) is 0. The molecule has 5 heteroatoms. The summed E-state index contributed by atoms with van der Waals surface area (Å²) in [6.45, 7) is 0.667. The third-order valence-electron chi connectivity index (χ3n) is 3.47. The minimum absolute atomic E-state index is 0.617. The molecule has 0 spiro atoms. The van der Waals surface area contributed by atoms with Gasteiger partial charge < -0.3 is 9.84 Å². The Bertz CT molecular complexity index is 505. The van der Waals surface area contributed by atoms with Crippen LogP contribution in [0.1, 0.15) is 43.1 Å². The highest BCUT2D eigenvalue weighted by Crippen LogP contribution is 2.17. The molecule has 1 saturated carbocycles. The molecule has 0 aromatic carbocycles. The minimum atomic E-state index is 0.617. The summed E-state index contributed by atoms with van der Waals surface area (Å²) >= 11 is 0. The van der Waals surface area contributed by atoms with Gasteiger partial charge in [0.15, 0.2) is 5.82 Å². The van der Waals surface area contributed by atoms with E-state index in [2.05, 4.69) is 20.4 Å². The lowest BCUT2D eigenvalue weighted by atomic mass is 10.2. The molecule has 0 unspecified atom stereocenters. The zero-order valence-corrected chi connectivity index (χ0v) is 10.9. The highest BCUT2D eigenvalue weighted by atomic mass is 16.5. The van der Waals surface area contributed by atoms with E-state index >= 15 is 0 Å². The van der Waals surface area contributed by atoms with Crippen molar-refractivity contribution in [1.82, 2.24) is 20.4 Å². The Labute approximate surface area is 112 Å². The molecule has 3 rings (SSSR count). The summed E-state index contributed by atoms with van der Waals surface area (Å²) in [6.07, 6.45) is 7.56. The van der Waals surface area contributed by atoms with E-state index in [-0.39, 0.29) is 0 Å². The fraction of sp³-hybridized carbons (Fsp3) is 0.500. The summed E-state index contributed by atoms with van der Waals surface area (Å²) in [4.78, 5) is 8.64. The van der Waals surface area contributed by atoms with E-state index < -0.39 is 0 Å². The van der Waals surface area contributed by atoms with Crippen LogP contribution >= 0.6 is 0 Å². The first-order valence-corrected chi connectivity index (χ1v) is 6.85. The maximum Gasteiger partial charge on any atom is 0.240 e. The number of hydrogen-bond donors (Lipinski definition) is 1. The molecule has 0 radical (unpaired) electrons. The molecule has 1 aliphatic rings. The zero-order valence-electron chi connectivity index (χ0n) is 10.9. The number of aromatic nitrogens is 3. The van der Waals surface area contributed by atoms with Crippen LogP contribution in [0.15, 0.2) is 28.9 Å². The lowest BCUT2D eigenvalue weighted by molar-refractivity contribution is 0.353. The first-order valence-electron chi connectivity index (χ1n) is 6.85. The Hall–Kier alpha value is -1.75. The highest BCUT2D eigenvalue weighted by molar-refractivity contribution is 5.09. The van der Waals surface area contributed by atoms with Crippen molar-refractivity contribution in [3.8, 4) is 0 Å². The molecule has 100 valence electrons. The maximum atomic E-state index is 5.25. The summed E-state index contributed by atoms with van der Waals surface area (Å²) < 4.78 is 5.25. The Morgan fingerprint density at radius 3 is 2.95 bits per heavy atom. The molecule has 0 amide bonds. The Morgan fingerprint density at radius 2 is 2.16 bits per heavy atom. The highest BCUT2D eigenvalue weighted by Gasteiger charge is 2.15. The molecule has 0 atom stereocenters. The van der Waals surface area contributed by atoms with Gasteiger partial charge in [-0.05, 0) is 25.0 Å². The summed E-state index contributed by atoms with van der Waals surface area (Å²) in [5.74, 6) is 1.36. The topological polar surface area (TPSA) is 63.8 Å². The third-order valence-corrected chi connectivity index (χ3v) is 3.47. The van der Waals surface area contributed by atoms with Crippen molar-refractivity contribution < 1.29 is 4.52 Å². The van der Waals surface area contributed by atoms with Crippen molar-refractivity contribution >= 4 is 0 Å². The van der Waals surface area contributed by atoms with Crippen molar-refractivity contribution in [3.05, 3.63) is 41.8 Å². The van der Waals surface area contributed by atoms with Gasteiger partial charge in [-0.3, -0.25) is 4.98 Å². The maximum absolute atomic E-state index is 5.25. The fourth-order valence-electron chi connectivity index (χ4n) is 2.46. The monoisotopic (exact) mass is 258 g/mol. The fourth-order valence-corrected chi connectivity index (χ4v) is 2.46. The van der Waals surface area contributed by atoms with Gasteiger partial charge in [0.05, 0.1) is 13.0 Å². The van der Waals surface area contributed by atoms with E-state index in [9.17, 15) is 0 Å². The van der Waals surface area contributed by atoms with E-state index in [0.717, 1.165) is 5.69 Å². The molecule has 1 N–H and O–H groups in total. The van der Waals surface area contributed by atoms with Gasteiger partial charge in [0, 0.05) is 17.9 Å². The van der Waals surface area contributed by atoms with Crippen molar-refractivity contribution in [2.24, 2.45) is 0 Å². The van der Waals surface area contributed by atoms with Crippen LogP contribution in [0.5, 0.6) is 0 Å². The van der Waals surface area contributed by atoms with Crippen LogP contribution < -0.4 is 5.32 Å². The van der Waals surface area contributed by atoms with E-state index in [1.54, 1.807) is 6.20 Å². The average Bonchev–Trinajstić information content (AvgIpc) is 3.09. The molecule has 2 aromatic heterocycles. The van der Waals surface area contributed by atoms with Gasteiger partial charge >= 0.3 is 0 Å². The van der Waals surface area contributed by atoms with Crippen LogP contribution in [0, 0.1) is 0 Å². The molecule has 0 bridgehead atoms.